The Balaban J connectivity index is 1.88. The van der Waals surface area contributed by atoms with E-state index < -0.39 is 23.5 Å². The maximum atomic E-state index is 13.6. The number of ether oxygens (including phenoxy) is 1. The molecule has 2 heterocycles. The van der Waals surface area contributed by atoms with Gasteiger partial charge in [-0.3, -0.25) is 9.59 Å². The molecule has 1 aromatic heterocycles. The van der Waals surface area contributed by atoms with Crippen molar-refractivity contribution in [3.8, 4) is 5.75 Å². The molecule has 1 N–H and O–H groups in total. The molecule has 0 saturated carbocycles. The number of aryl methyl sites for hydroxylation is 2. The summed E-state index contributed by atoms with van der Waals surface area (Å²) in [4.78, 5) is 33.1. The highest BCUT2D eigenvalue weighted by atomic mass is 79.9. The van der Waals surface area contributed by atoms with E-state index >= 15 is 0 Å². The van der Waals surface area contributed by atoms with E-state index in [-0.39, 0.29) is 12.1 Å². The van der Waals surface area contributed by atoms with Gasteiger partial charge in [-0.2, -0.15) is 0 Å². The molecule has 1 atom stereocenters. The summed E-state index contributed by atoms with van der Waals surface area (Å²) in [7, 11) is 1.53. The molecular weight excluding hydrogens is 492 g/mol. The summed E-state index contributed by atoms with van der Waals surface area (Å²) in [5.74, 6) is -1.02. The molecule has 2 aromatic carbocycles. The van der Waals surface area contributed by atoms with Gasteiger partial charge in [0, 0.05) is 16.6 Å². The predicted octanol–water partition coefficient (Wildman–Crippen LogP) is 5.31. The molecule has 1 aliphatic rings. The summed E-state index contributed by atoms with van der Waals surface area (Å²) in [6.45, 7) is 3.79. The first-order chi connectivity index (χ1) is 15.3. The topological polar surface area (TPSA) is 79.7 Å². The molecule has 3 aromatic rings. The van der Waals surface area contributed by atoms with Gasteiger partial charge in [-0.05, 0) is 37.6 Å². The van der Waals surface area contributed by atoms with E-state index in [4.69, 9.17) is 4.74 Å². The molecule has 4 rings (SSSR count). The average molecular weight is 513 g/mol. The number of rotatable bonds is 6. The molecule has 0 saturated heterocycles. The number of aliphatic hydroxyl groups is 1. The minimum atomic E-state index is -0.815. The Hall–Kier alpha value is -2.97. The zero-order valence-corrected chi connectivity index (χ0v) is 20.2. The van der Waals surface area contributed by atoms with Gasteiger partial charge in [0.2, 0.25) is 5.78 Å². The van der Waals surface area contributed by atoms with E-state index in [0.717, 1.165) is 15.0 Å². The fraction of sp³-hybridized carbons (Fsp3) is 0.208. The Bertz CT molecular complexity index is 1240. The van der Waals surface area contributed by atoms with Crippen LogP contribution in [0.15, 0.2) is 64.3 Å². The number of methoxy groups -OCH3 is 1. The molecule has 32 heavy (non-hydrogen) atoms. The van der Waals surface area contributed by atoms with Crippen LogP contribution in [-0.2, 0) is 11.3 Å². The van der Waals surface area contributed by atoms with Crippen LogP contribution in [0.5, 0.6) is 5.75 Å². The van der Waals surface area contributed by atoms with Gasteiger partial charge in [0.15, 0.2) is 5.76 Å². The van der Waals surface area contributed by atoms with E-state index in [1.807, 2.05) is 49.4 Å². The average Bonchev–Trinajstić information content (AvgIpc) is 3.24. The number of thiazole rings is 1. The van der Waals surface area contributed by atoms with E-state index in [1.165, 1.54) is 23.3 Å². The van der Waals surface area contributed by atoms with Crippen molar-refractivity contribution in [2.75, 3.05) is 7.11 Å². The maximum Gasteiger partial charge on any atom is 0.290 e. The minimum absolute atomic E-state index is 0.0362. The highest BCUT2D eigenvalue weighted by molar-refractivity contribution is 9.10. The SMILES string of the molecule is COc1ccc(Br)cc1C1C(C(=O)c2sc(C)nc2C)=C(O)C(=O)N1Cc1ccccc1. The first kappa shape index (κ1) is 22.2. The van der Waals surface area contributed by atoms with Gasteiger partial charge in [-0.1, -0.05) is 46.3 Å². The number of carbonyl (C=O) groups excluding carboxylic acids is 2. The van der Waals surface area contributed by atoms with Crippen LogP contribution >= 0.6 is 27.3 Å². The summed E-state index contributed by atoms with van der Waals surface area (Å²) in [6.07, 6.45) is 0. The smallest absolute Gasteiger partial charge is 0.290 e. The lowest BCUT2D eigenvalue weighted by atomic mass is 9.94. The molecule has 0 radical (unpaired) electrons. The first-order valence-electron chi connectivity index (χ1n) is 9.92. The molecular formula is C24H21BrN2O4S. The van der Waals surface area contributed by atoms with Crippen molar-refractivity contribution in [3.05, 3.63) is 91.0 Å². The number of Topliss-reactive ketones (excluding diaryl/α,β-unsaturated/α-hetero) is 1. The maximum absolute atomic E-state index is 13.6. The van der Waals surface area contributed by atoms with Crippen LogP contribution in [0.1, 0.15) is 37.5 Å². The monoisotopic (exact) mass is 512 g/mol. The number of hydrogen-bond acceptors (Lipinski definition) is 6. The summed E-state index contributed by atoms with van der Waals surface area (Å²) >= 11 is 4.73. The highest BCUT2D eigenvalue weighted by Crippen LogP contribution is 2.44. The normalized spacial score (nSPS) is 16.1. The second-order valence-electron chi connectivity index (χ2n) is 7.45. The third-order valence-corrected chi connectivity index (χ3v) is 6.91. The Morgan fingerprint density at radius 3 is 2.56 bits per heavy atom. The lowest BCUT2D eigenvalue weighted by Crippen LogP contribution is -2.31. The number of hydrogen-bond donors (Lipinski definition) is 1. The predicted molar refractivity (Wildman–Crippen MR) is 126 cm³/mol. The van der Waals surface area contributed by atoms with Crippen molar-refractivity contribution < 1.29 is 19.4 Å². The molecule has 164 valence electrons. The summed E-state index contributed by atoms with van der Waals surface area (Å²) in [5.41, 5.74) is 2.10. The molecule has 1 amide bonds. The van der Waals surface area contributed by atoms with E-state index in [2.05, 4.69) is 20.9 Å². The first-order valence-corrected chi connectivity index (χ1v) is 11.5. The number of halogens is 1. The largest absolute Gasteiger partial charge is 0.503 e. The van der Waals surface area contributed by atoms with E-state index in [0.29, 0.717) is 21.9 Å². The Morgan fingerprint density at radius 2 is 1.94 bits per heavy atom. The van der Waals surface area contributed by atoms with Crippen molar-refractivity contribution >= 4 is 39.0 Å². The zero-order valence-electron chi connectivity index (χ0n) is 17.8. The number of amides is 1. The van der Waals surface area contributed by atoms with Crippen molar-refractivity contribution in [3.63, 3.8) is 0 Å². The molecule has 8 heteroatoms. The lowest BCUT2D eigenvalue weighted by molar-refractivity contribution is -0.130. The van der Waals surface area contributed by atoms with Crippen LogP contribution in [0.4, 0.5) is 0 Å². The summed E-state index contributed by atoms with van der Waals surface area (Å²) < 4.78 is 6.33. The van der Waals surface area contributed by atoms with Crippen LogP contribution in [0.2, 0.25) is 0 Å². The quantitative estimate of drug-likeness (QED) is 0.452. The Kier molecular flexibility index (Phi) is 6.17. The van der Waals surface area contributed by atoms with Crippen molar-refractivity contribution in [2.24, 2.45) is 0 Å². The Labute approximate surface area is 198 Å². The fourth-order valence-corrected chi connectivity index (χ4v) is 5.19. The number of nitrogens with zero attached hydrogens (tertiary/aromatic N) is 2. The molecule has 6 nitrogen and oxygen atoms in total. The standard InChI is InChI=1S/C24H21BrN2O4S/c1-13-23(32-14(2)26-13)21(28)19-20(17-11-16(25)9-10-18(17)31-3)27(24(30)22(19)29)12-15-7-5-4-6-8-15/h4-11,20,29H,12H2,1-3H3. The molecule has 0 fully saturated rings. The third kappa shape index (κ3) is 3.96. The van der Waals surface area contributed by atoms with Gasteiger partial charge >= 0.3 is 0 Å². The van der Waals surface area contributed by atoms with Gasteiger partial charge < -0.3 is 14.7 Å². The zero-order chi connectivity index (χ0) is 23.0. The summed E-state index contributed by atoms with van der Waals surface area (Å²) in [6, 6.07) is 14.0. The van der Waals surface area contributed by atoms with Gasteiger partial charge in [-0.25, -0.2) is 4.98 Å². The van der Waals surface area contributed by atoms with Crippen LogP contribution in [0.3, 0.4) is 0 Å². The fourth-order valence-electron chi connectivity index (χ4n) is 3.94. The molecule has 0 aliphatic carbocycles. The number of benzene rings is 2. The third-order valence-electron chi connectivity index (χ3n) is 5.34. The lowest BCUT2D eigenvalue weighted by Gasteiger charge is -2.28. The number of aromatic nitrogens is 1. The second-order valence-corrected chi connectivity index (χ2v) is 9.57. The molecule has 0 spiro atoms. The minimum Gasteiger partial charge on any atom is -0.503 e. The van der Waals surface area contributed by atoms with Crippen LogP contribution in [0, 0.1) is 13.8 Å². The van der Waals surface area contributed by atoms with E-state index in [9.17, 15) is 14.7 Å². The van der Waals surface area contributed by atoms with E-state index in [1.54, 1.807) is 13.0 Å². The van der Waals surface area contributed by atoms with Crippen molar-refractivity contribution in [1.82, 2.24) is 9.88 Å². The highest BCUT2D eigenvalue weighted by Gasteiger charge is 2.45. The molecule has 0 bridgehead atoms. The Morgan fingerprint density at radius 1 is 1.22 bits per heavy atom. The van der Waals surface area contributed by atoms with Crippen LogP contribution < -0.4 is 4.74 Å². The van der Waals surface area contributed by atoms with Crippen LogP contribution in [0.25, 0.3) is 0 Å². The van der Waals surface area contributed by atoms with Crippen molar-refractivity contribution in [1.29, 1.82) is 0 Å². The van der Waals surface area contributed by atoms with Crippen molar-refractivity contribution in [2.45, 2.75) is 26.4 Å². The van der Waals surface area contributed by atoms with Gasteiger partial charge in [0.05, 0.1) is 34.3 Å². The summed E-state index contributed by atoms with van der Waals surface area (Å²) in [5, 5.41) is 11.6. The molecule has 1 unspecified atom stereocenters. The van der Waals surface area contributed by atoms with Gasteiger partial charge in [0.1, 0.15) is 5.75 Å². The number of aliphatic hydroxyl groups excluding tert-OH is 1. The second kappa shape index (κ2) is 8.88. The molecule has 1 aliphatic heterocycles. The van der Waals surface area contributed by atoms with Crippen LogP contribution in [-0.4, -0.2) is 33.8 Å². The number of ketones is 1. The van der Waals surface area contributed by atoms with Gasteiger partial charge in [-0.15, -0.1) is 11.3 Å². The van der Waals surface area contributed by atoms with Gasteiger partial charge in [0.25, 0.3) is 5.91 Å². The number of carbonyl (C=O) groups is 2.